The van der Waals surface area contributed by atoms with Gasteiger partial charge >= 0.3 is 6.18 Å². The van der Waals surface area contributed by atoms with Crippen LogP contribution in [0, 0.1) is 11.3 Å². The highest BCUT2D eigenvalue weighted by Crippen LogP contribution is 2.37. The minimum Gasteiger partial charge on any atom is -0.404 e. The number of hydrogen-bond donors (Lipinski definition) is 3. The molecule has 0 saturated carbocycles. The van der Waals surface area contributed by atoms with Crippen LogP contribution in [-0.2, 0) is 11.0 Å². The number of aliphatic hydroxyl groups is 2. The molecule has 0 bridgehead atoms. The van der Waals surface area contributed by atoms with E-state index in [-0.39, 0.29) is 49.9 Å². The fraction of sp³-hybridized carbons (Fsp3) is 0.474. The number of aliphatic imine (C=N–C) groups is 1. The largest absolute Gasteiger partial charge is 0.417 e. The van der Waals surface area contributed by atoms with Crippen molar-refractivity contribution in [2.24, 2.45) is 10.7 Å². The van der Waals surface area contributed by atoms with Crippen LogP contribution in [0.15, 0.2) is 17.3 Å². The zero-order valence-electron chi connectivity index (χ0n) is 16.6. The topological polar surface area (TPSA) is 139 Å². The van der Waals surface area contributed by atoms with Crippen LogP contribution in [0.5, 0.6) is 0 Å². The van der Waals surface area contributed by atoms with Gasteiger partial charge < -0.3 is 25.7 Å². The summed E-state index contributed by atoms with van der Waals surface area (Å²) in [4.78, 5) is 23.0. The number of allylic oxidation sites excluding steroid dienone is 1. The number of halogens is 3. The highest BCUT2D eigenvalue weighted by Gasteiger charge is 2.37. The van der Waals surface area contributed by atoms with Gasteiger partial charge in [-0.15, -0.1) is 0 Å². The second-order valence-electron chi connectivity index (χ2n) is 6.62. The summed E-state index contributed by atoms with van der Waals surface area (Å²) in [6.45, 7) is 0.0466. The Bertz CT molecular complexity index is 885. The molecule has 0 atom stereocenters. The normalized spacial score (nSPS) is 14.5. The van der Waals surface area contributed by atoms with Crippen molar-refractivity contribution in [2.75, 3.05) is 50.8 Å². The lowest BCUT2D eigenvalue weighted by atomic mass is 10.0. The molecule has 1 aliphatic heterocycles. The summed E-state index contributed by atoms with van der Waals surface area (Å²) in [5.74, 6) is -0.555. The first-order chi connectivity index (χ1) is 14.8. The van der Waals surface area contributed by atoms with Crippen molar-refractivity contribution in [3.63, 3.8) is 0 Å². The lowest BCUT2D eigenvalue weighted by molar-refractivity contribution is -0.137. The van der Waals surface area contributed by atoms with E-state index in [9.17, 15) is 23.2 Å². The summed E-state index contributed by atoms with van der Waals surface area (Å²) in [6, 6.07) is 2.33. The molecule has 1 fully saturated rings. The van der Waals surface area contributed by atoms with Crippen molar-refractivity contribution in [3.8, 4) is 6.07 Å². The maximum atomic E-state index is 13.6. The van der Waals surface area contributed by atoms with Gasteiger partial charge in [0, 0.05) is 44.2 Å². The molecule has 0 radical (unpaired) electrons. The first-order valence-electron chi connectivity index (χ1n) is 9.45. The van der Waals surface area contributed by atoms with E-state index in [0.717, 1.165) is 24.9 Å². The highest BCUT2D eigenvalue weighted by molar-refractivity contribution is 6.09. The molecule has 9 nitrogen and oxygen atoms in total. The van der Waals surface area contributed by atoms with Crippen molar-refractivity contribution < 1.29 is 28.2 Å². The first-order valence-corrected chi connectivity index (χ1v) is 9.45. The molecule has 1 aromatic rings. The average Bonchev–Trinajstić information content (AvgIpc) is 2.68. The van der Waals surface area contributed by atoms with Crippen LogP contribution >= 0.6 is 0 Å². The van der Waals surface area contributed by atoms with E-state index >= 15 is 0 Å². The Morgan fingerprint density at radius 1 is 1.35 bits per heavy atom. The van der Waals surface area contributed by atoms with Gasteiger partial charge in [0.25, 0.3) is 0 Å². The van der Waals surface area contributed by atoms with Crippen LogP contribution in [0.4, 0.5) is 19.0 Å². The fourth-order valence-corrected chi connectivity index (χ4v) is 2.89. The number of aromatic nitrogens is 1. The summed E-state index contributed by atoms with van der Waals surface area (Å²) >= 11 is 0. The molecule has 1 aliphatic rings. The predicted octanol–water partition coefficient (Wildman–Crippen LogP) is 0.366. The molecule has 1 amide bonds. The molecule has 2 rings (SSSR count). The van der Waals surface area contributed by atoms with Crippen molar-refractivity contribution in [1.82, 2.24) is 9.88 Å². The summed E-state index contributed by atoms with van der Waals surface area (Å²) in [5.41, 5.74) is 3.80. The van der Waals surface area contributed by atoms with E-state index in [1.54, 1.807) is 11.0 Å². The van der Waals surface area contributed by atoms with Crippen LogP contribution in [0.1, 0.15) is 23.2 Å². The Kier molecular flexibility index (Phi) is 8.35. The van der Waals surface area contributed by atoms with E-state index in [2.05, 4.69) is 9.98 Å². The highest BCUT2D eigenvalue weighted by atomic mass is 19.4. The summed E-state index contributed by atoms with van der Waals surface area (Å²) < 4.78 is 40.7. The van der Waals surface area contributed by atoms with Gasteiger partial charge in [-0.25, -0.2) is 4.98 Å². The van der Waals surface area contributed by atoms with Gasteiger partial charge in [-0.2, -0.15) is 18.4 Å². The Morgan fingerprint density at radius 2 is 2.00 bits per heavy atom. The minimum absolute atomic E-state index is 0.0137. The van der Waals surface area contributed by atoms with Gasteiger partial charge in [0.05, 0.1) is 24.5 Å². The van der Waals surface area contributed by atoms with E-state index in [1.807, 2.05) is 0 Å². The number of anilines is 1. The Balaban J connectivity index is 2.33. The molecule has 1 aromatic heterocycles. The molecule has 168 valence electrons. The van der Waals surface area contributed by atoms with Crippen molar-refractivity contribution in [3.05, 3.63) is 29.1 Å². The molecule has 0 aliphatic carbocycles. The molecular weight excluding hydrogens is 417 g/mol. The molecule has 2 heterocycles. The van der Waals surface area contributed by atoms with Crippen molar-refractivity contribution >= 4 is 23.5 Å². The molecule has 0 unspecified atom stereocenters. The van der Waals surface area contributed by atoms with Gasteiger partial charge in [-0.3, -0.25) is 9.79 Å². The predicted molar refractivity (Wildman–Crippen MR) is 107 cm³/mol. The number of carbonyl (C=O) groups excluding carboxylic acids is 1. The number of nitriles is 1. The molecule has 0 spiro atoms. The summed E-state index contributed by atoms with van der Waals surface area (Å²) in [7, 11) is 0. The monoisotopic (exact) mass is 440 g/mol. The van der Waals surface area contributed by atoms with Crippen molar-refractivity contribution in [2.45, 2.75) is 12.6 Å². The van der Waals surface area contributed by atoms with Gasteiger partial charge in [-0.1, -0.05) is 0 Å². The van der Waals surface area contributed by atoms with Gasteiger partial charge in [0.15, 0.2) is 0 Å². The SMILES string of the molecule is N#Cc1c(C(F)(F)F)cc(C(C=NCC(=O)N(CCO)CCO)=CN)nc1N1CCC1. The third-order valence-corrected chi connectivity index (χ3v) is 4.60. The Morgan fingerprint density at radius 3 is 2.45 bits per heavy atom. The van der Waals surface area contributed by atoms with Crippen LogP contribution in [0.2, 0.25) is 0 Å². The molecule has 1 saturated heterocycles. The van der Waals surface area contributed by atoms with Crippen LogP contribution in [0.25, 0.3) is 5.57 Å². The van der Waals surface area contributed by atoms with E-state index in [0.29, 0.717) is 13.1 Å². The third-order valence-electron chi connectivity index (χ3n) is 4.60. The maximum Gasteiger partial charge on any atom is 0.417 e. The number of rotatable bonds is 9. The number of alkyl halides is 3. The molecule has 12 heteroatoms. The standard InChI is InChI=1S/C19H23F3N6O3/c20-19(21,22)15-8-16(26-18(14(15)10-24)28-2-1-3-28)13(9-23)11-25-12-17(31)27(4-6-29)5-7-30/h8-9,11,29-30H,1-7,12,23H2. The van der Waals surface area contributed by atoms with Crippen LogP contribution in [0.3, 0.4) is 0 Å². The van der Waals surface area contributed by atoms with Crippen molar-refractivity contribution in [1.29, 1.82) is 5.26 Å². The maximum absolute atomic E-state index is 13.6. The second-order valence-corrected chi connectivity index (χ2v) is 6.62. The first kappa shape index (κ1) is 24.1. The zero-order valence-corrected chi connectivity index (χ0v) is 16.6. The third kappa shape index (κ3) is 5.93. The quantitative estimate of drug-likeness (QED) is 0.471. The van der Waals surface area contributed by atoms with Crippen LogP contribution < -0.4 is 10.6 Å². The number of aliphatic hydroxyl groups excluding tert-OH is 2. The Hall–Kier alpha value is -3.17. The number of carbonyl (C=O) groups is 1. The second kappa shape index (κ2) is 10.7. The summed E-state index contributed by atoms with van der Waals surface area (Å²) in [6.07, 6.45) is -1.85. The van der Waals surface area contributed by atoms with E-state index < -0.39 is 23.2 Å². The summed E-state index contributed by atoms with van der Waals surface area (Å²) in [5, 5.41) is 27.3. The molecule has 4 N–H and O–H groups in total. The number of pyridine rings is 1. The van der Waals surface area contributed by atoms with Gasteiger partial charge in [-0.05, 0) is 12.5 Å². The van der Waals surface area contributed by atoms with E-state index in [4.69, 9.17) is 15.9 Å². The fourth-order valence-electron chi connectivity index (χ4n) is 2.89. The minimum atomic E-state index is -4.77. The van der Waals surface area contributed by atoms with Gasteiger partial charge in [0.2, 0.25) is 5.91 Å². The number of nitrogens with two attached hydrogens (primary N) is 1. The Labute approximate surface area is 176 Å². The van der Waals surface area contributed by atoms with E-state index in [1.165, 1.54) is 4.90 Å². The smallest absolute Gasteiger partial charge is 0.404 e. The van der Waals surface area contributed by atoms with Crippen LogP contribution in [-0.4, -0.2) is 78.2 Å². The molecule has 0 aromatic carbocycles. The lowest BCUT2D eigenvalue weighted by Crippen LogP contribution is -2.38. The average molecular weight is 440 g/mol. The van der Waals surface area contributed by atoms with Gasteiger partial charge in [0.1, 0.15) is 24.0 Å². The number of amides is 1. The lowest BCUT2D eigenvalue weighted by Gasteiger charge is -2.33. The number of nitrogens with zero attached hydrogens (tertiary/aromatic N) is 5. The number of hydrogen-bond acceptors (Lipinski definition) is 8. The molecular formula is C19H23F3N6O3. The zero-order chi connectivity index (χ0) is 23.0. The molecule has 31 heavy (non-hydrogen) atoms.